The van der Waals surface area contributed by atoms with E-state index in [9.17, 15) is 9.59 Å². The van der Waals surface area contributed by atoms with Crippen LogP contribution in [-0.2, 0) is 9.59 Å². The van der Waals surface area contributed by atoms with Crippen molar-refractivity contribution in [2.24, 2.45) is 5.92 Å². The number of benzene rings is 2. The molecule has 2 aliphatic heterocycles. The largest absolute Gasteiger partial charge is 0.355 e. The summed E-state index contributed by atoms with van der Waals surface area (Å²) in [7, 11) is 0. The first-order valence-corrected chi connectivity index (χ1v) is 10.1. The number of amides is 2. The van der Waals surface area contributed by atoms with Gasteiger partial charge in [-0.05, 0) is 35.7 Å². The van der Waals surface area contributed by atoms with Crippen molar-refractivity contribution in [2.45, 2.75) is 25.2 Å². The maximum Gasteiger partial charge on any atom is 0.228 e. The van der Waals surface area contributed by atoms with Gasteiger partial charge in [0.2, 0.25) is 11.8 Å². The predicted molar refractivity (Wildman–Crippen MR) is 109 cm³/mol. The molecule has 1 N–H and O–H groups in total. The van der Waals surface area contributed by atoms with Gasteiger partial charge in [0.15, 0.2) is 0 Å². The quantitative estimate of drug-likeness (QED) is 0.745. The number of hydrogen-bond acceptors (Lipinski definition) is 4. The van der Waals surface area contributed by atoms with E-state index >= 15 is 0 Å². The van der Waals surface area contributed by atoms with Crippen molar-refractivity contribution >= 4 is 22.6 Å². The maximum absolute atomic E-state index is 12.8. The molecule has 2 amide bonds. The van der Waals surface area contributed by atoms with E-state index in [1.54, 1.807) is 0 Å². The summed E-state index contributed by atoms with van der Waals surface area (Å²) < 4.78 is 1.81. The van der Waals surface area contributed by atoms with Gasteiger partial charge in [0, 0.05) is 32.0 Å². The fraction of sp³-hybridized carbons (Fsp3) is 0.364. The lowest BCUT2D eigenvalue weighted by atomic mass is 9.94. The molecule has 0 spiro atoms. The van der Waals surface area contributed by atoms with E-state index in [2.05, 4.69) is 39.9 Å². The van der Waals surface area contributed by atoms with Crippen molar-refractivity contribution in [3.05, 3.63) is 54.4 Å². The first-order valence-electron chi connectivity index (χ1n) is 10.1. The zero-order valence-electron chi connectivity index (χ0n) is 16.1. The summed E-state index contributed by atoms with van der Waals surface area (Å²) in [4.78, 5) is 26.1. The van der Waals surface area contributed by atoms with Crippen LogP contribution in [0.25, 0.3) is 16.5 Å². The van der Waals surface area contributed by atoms with Crippen molar-refractivity contribution in [2.75, 3.05) is 19.6 Å². The summed E-state index contributed by atoms with van der Waals surface area (Å²) in [6.07, 6.45) is 4.21. The molecule has 0 aliphatic carbocycles. The average molecular weight is 389 g/mol. The van der Waals surface area contributed by atoms with Gasteiger partial charge in [0.1, 0.15) is 0 Å². The van der Waals surface area contributed by atoms with Gasteiger partial charge < -0.3 is 10.2 Å². The highest BCUT2D eigenvalue weighted by Crippen LogP contribution is 2.28. The number of carbonyl (C=O) groups excluding carboxylic acids is 2. The third kappa shape index (κ3) is 3.48. The van der Waals surface area contributed by atoms with Crippen LogP contribution in [0.3, 0.4) is 0 Å². The van der Waals surface area contributed by atoms with Gasteiger partial charge >= 0.3 is 0 Å². The number of nitrogens with one attached hydrogen (secondary N) is 1. The second-order valence-electron chi connectivity index (χ2n) is 7.95. The van der Waals surface area contributed by atoms with Gasteiger partial charge in [0.25, 0.3) is 0 Å². The van der Waals surface area contributed by atoms with Crippen LogP contribution in [0.4, 0.5) is 0 Å². The van der Waals surface area contributed by atoms with Gasteiger partial charge in [-0.3, -0.25) is 9.59 Å². The van der Waals surface area contributed by atoms with Crippen LogP contribution in [0.15, 0.2) is 48.7 Å². The van der Waals surface area contributed by atoms with Gasteiger partial charge in [-0.2, -0.15) is 0 Å². The highest BCUT2D eigenvalue weighted by molar-refractivity contribution is 5.89. The van der Waals surface area contributed by atoms with E-state index in [-0.39, 0.29) is 23.7 Å². The van der Waals surface area contributed by atoms with Crippen LogP contribution in [0.5, 0.6) is 0 Å². The summed E-state index contributed by atoms with van der Waals surface area (Å²) in [6.45, 7) is 1.84. The van der Waals surface area contributed by atoms with Crippen LogP contribution < -0.4 is 5.32 Å². The van der Waals surface area contributed by atoms with Crippen molar-refractivity contribution < 1.29 is 9.59 Å². The molecule has 5 rings (SSSR count). The fourth-order valence-corrected chi connectivity index (χ4v) is 4.37. The van der Waals surface area contributed by atoms with Crippen LogP contribution in [-0.4, -0.2) is 51.3 Å². The van der Waals surface area contributed by atoms with Gasteiger partial charge in [0.05, 0.1) is 23.5 Å². The van der Waals surface area contributed by atoms with E-state index in [0.717, 1.165) is 36.2 Å². The Morgan fingerprint density at radius 2 is 2.00 bits per heavy atom. The number of nitrogens with zero attached hydrogens (tertiary/aromatic N) is 4. The molecule has 2 unspecified atom stereocenters. The van der Waals surface area contributed by atoms with Crippen LogP contribution in [0.2, 0.25) is 0 Å². The smallest absolute Gasteiger partial charge is 0.228 e. The Labute approximate surface area is 168 Å². The van der Waals surface area contributed by atoms with Crippen LogP contribution in [0, 0.1) is 5.92 Å². The summed E-state index contributed by atoms with van der Waals surface area (Å²) in [5.41, 5.74) is 1.89. The summed E-state index contributed by atoms with van der Waals surface area (Å²) >= 11 is 0. The standard InChI is InChI=1S/C22H23N5O2/c28-21-11-18(12-23-21)22(29)26-9-3-6-17(13-26)20-14-27(25-24-20)19-8-7-15-4-1-2-5-16(15)10-19/h1-2,4-5,7-8,10,14,17-18H,3,6,9,11-13H2,(H,23,28). The molecular formula is C22H23N5O2. The Hall–Kier alpha value is -3.22. The minimum Gasteiger partial charge on any atom is -0.355 e. The topological polar surface area (TPSA) is 80.1 Å². The predicted octanol–water partition coefficient (Wildman–Crippen LogP) is 2.26. The number of aromatic nitrogens is 3. The van der Waals surface area contributed by atoms with E-state index in [1.165, 1.54) is 5.39 Å². The Balaban J connectivity index is 1.32. The van der Waals surface area contributed by atoms with E-state index < -0.39 is 0 Å². The fourth-order valence-electron chi connectivity index (χ4n) is 4.37. The lowest BCUT2D eigenvalue weighted by Crippen LogP contribution is -2.43. The first kappa shape index (κ1) is 17.8. The average Bonchev–Trinajstić information content (AvgIpc) is 3.42. The summed E-state index contributed by atoms with van der Waals surface area (Å²) in [5, 5.41) is 13.9. The van der Waals surface area contributed by atoms with Crippen molar-refractivity contribution in [1.82, 2.24) is 25.2 Å². The van der Waals surface area contributed by atoms with E-state index in [1.807, 2.05) is 34.0 Å². The minimum atomic E-state index is -0.227. The highest BCUT2D eigenvalue weighted by Gasteiger charge is 2.34. The Morgan fingerprint density at radius 3 is 2.83 bits per heavy atom. The van der Waals surface area contributed by atoms with Crippen molar-refractivity contribution in [3.63, 3.8) is 0 Å². The van der Waals surface area contributed by atoms with Crippen LogP contribution >= 0.6 is 0 Å². The molecule has 2 aromatic carbocycles. The lowest BCUT2D eigenvalue weighted by Gasteiger charge is -2.33. The number of fused-ring (bicyclic) bond motifs is 1. The molecule has 0 radical (unpaired) electrons. The molecule has 2 atom stereocenters. The Kier molecular flexibility index (Phi) is 4.50. The molecule has 7 nitrogen and oxygen atoms in total. The molecular weight excluding hydrogens is 366 g/mol. The lowest BCUT2D eigenvalue weighted by molar-refractivity contribution is -0.137. The third-order valence-corrected chi connectivity index (χ3v) is 5.99. The molecule has 148 valence electrons. The molecule has 7 heteroatoms. The second-order valence-corrected chi connectivity index (χ2v) is 7.95. The van der Waals surface area contributed by atoms with Crippen molar-refractivity contribution in [3.8, 4) is 5.69 Å². The SMILES string of the molecule is O=C1CC(C(=O)N2CCCC(c3cn(-c4ccc5ccccc5c4)nn3)C2)CN1. The molecule has 2 aliphatic rings. The zero-order valence-corrected chi connectivity index (χ0v) is 16.1. The van der Waals surface area contributed by atoms with Gasteiger partial charge in [-0.25, -0.2) is 4.68 Å². The molecule has 29 heavy (non-hydrogen) atoms. The number of rotatable bonds is 3. The normalized spacial score (nSPS) is 22.1. The molecule has 0 saturated carbocycles. The molecule has 2 fully saturated rings. The number of piperidine rings is 1. The first-order chi connectivity index (χ1) is 14.2. The summed E-state index contributed by atoms with van der Waals surface area (Å²) in [5.74, 6) is -0.00768. The van der Waals surface area contributed by atoms with Crippen LogP contribution in [0.1, 0.15) is 30.9 Å². The molecule has 3 aromatic rings. The number of hydrogen-bond donors (Lipinski definition) is 1. The third-order valence-electron chi connectivity index (χ3n) is 5.99. The maximum atomic E-state index is 12.8. The summed E-state index contributed by atoms with van der Waals surface area (Å²) in [6, 6.07) is 14.5. The zero-order chi connectivity index (χ0) is 19.8. The van der Waals surface area contributed by atoms with Gasteiger partial charge in [-0.15, -0.1) is 5.10 Å². The number of likely N-dealkylation sites (tertiary alicyclic amines) is 1. The number of carbonyl (C=O) groups is 2. The Bertz CT molecular complexity index is 1080. The minimum absolute atomic E-state index is 0.0322. The second kappa shape index (κ2) is 7.31. The molecule has 1 aromatic heterocycles. The monoisotopic (exact) mass is 389 g/mol. The molecule has 0 bridgehead atoms. The molecule has 3 heterocycles. The van der Waals surface area contributed by atoms with Gasteiger partial charge in [-0.1, -0.05) is 35.5 Å². The highest BCUT2D eigenvalue weighted by atomic mass is 16.2. The van der Waals surface area contributed by atoms with Crippen molar-refractivity contribution in [1.29, 1.82) is 0 Å². The van der Waals surface area contributed by atoms with E-state index in [0.29, 0.717) is 19.5 Å². The van der Waals surface area contributed by atoms with E-state index in [4.69, 9.17) is 0 Å². The molecule has 2 saturated heterocycles. The Morgan fingerprint density at radius 1 is 1.14 bits per heavy atom.